The summed E-state index contributed by atoms with van der Waals surface area (Å²) in [6.07, 6.45) is -4.43. The molecule has 0 saturated carbocycles. The maximum atomic E-state index is 12.6. The molecule has 3 aromatic rings. The first-order valence-corrected chi connectivity index (χ1v) is 8.84. The monoisotopic (exact) mass is 409 g/mol. The van der Waals surface area contributed by atoms with Crippen LogP contribution >= 0.6 is 11.8 Å². The number of nitrogens with zero attached hydrogens (tertiary/aromatic N) is 4. The number of tetrazole rings is 1. The molecule has 2 aromatic carbocycles. The quantitative estimate of drug-likeness (QED) is 0.627. The molecule has 2 N–H and O–H groups in total. The SMILES string of the molecule is CC(Sc1nnnn1-c1ccc(O)cc1)C(=O)Nc1ccc(C(F)(F)F)cc1. The Morgan fingerprint density at radius 2 is 1.79 bits per heavy atom. The predicted molar refractivity (Wildman–Crippen MR) is 96.2 cm³/mol. The van der Waals surface area contributed by atoms with E-state index in [0.717, 1.165) is 23.9 Å². The highest BCUT2D eigenvalue weighted by Crippen LogP contribution is 2.30. The van der Waals surface area contributed by atoms with E-state index in [4.69, 9.17) is 0 Å². The molecule has 7 nitrogen and oxygen atoms in total. The van der Waals surface area contributed by atoms with Crippen molar-refractivity contribution in [2.75, 3.05) is 5.32 Å². The Labute approximate surface area is 161 Å². The summed E-state index contributed by atoms with van der Waals surface area (Å²) in [7, 11) is 0. The minimum absolute atomic E-state index is 0.0929. The number of nitrogens with one attached hydrogen (secondary N) is 1. The van der Waals surface area contributed by atoms with E-state index in [0.29, 0.717) is 10.8 Å². The Morgan fingerprint density at radius 1 is 1.14 bits per heavy atom. The van der Waals surface area contributed by atoms with Crippen LogP contribution in [-0.4, -0.2) is 36.5 Å². The number of thioether (sulfide) groups is 1. The van der Waals surface area contributed by atoms with Crippen molar-refractivity contribution in [3.63, 3.8) is 0 Å². The number of halogens is 3. The first-order valence-electron chi connectivity index (χ1n) is 7.96. The van der Waals surface area contributed by atoms with Gasteiger partial charge in [-0.2, -0.15) is 17.9 Å². The molecule has 1 amide bonds. The number of alkyl halides is 3. The van der Waals surface area contributed by atoms with Crippen LogP contribution in [-0.2, 0) is 11.0 Å². The smallest absolute Gasteiger partial charge is 0.416 e. The van der Waals surface area contributed by atoms with Crippen molar-refractivity contribution < 1.29 is 23.1 Å². The van der Waals surface area contributed by atoms with Gasteiger partial charge in [-0.3, -0.25) is 4.79 Å². The number of rotatable bonds is 5. The maximum Gasteiger partial charge on any atom is 0.416 e. The first-order chi connectivity index (χ1) is 13.2. The average Bonchev–Trinajstić information content (AvgIpc) is 3.10. The van der Waals surface area contributed by atoms with Gasteiger partial charge in [0, 0.05) is 5.69 Å². The summed E-state index contributed by atoms with van der Waals surface area (Å²) in [5.74, 6) is -0.319. The van der Waals surface area contributed by atoms with Crippen LogP contribution in [0.2, 0.25) is 0 Å². The van der Waals surface area contributed by atoms with Gasteiger partial charge in [-0.25, -0.2) is 0 Å². The van der Waals surface area contributed by atoms with Gasteiger partial charge in [0.25, 0.3) is 0 Å². The van der Waals surface area contributed by atoms with E-state index < -0.39 is 22.9 Å². The largest absolute Gasteiger partial charge is 0.508 e. The fourth-order valence-electron chi connectivity index (χ4n) is 2.21. The molecule has 0 aliphatic carbocycles. The van der Waals surface area contributed by atoms with Crippen LogP contribution in [0.15, 0.2) is 53.7 Å². The fourth-order valence-corrected chi connectivity index (χ4v) is 3.01. The molecule has 0 radical (unpaired) electrons. The topological polar surface area (TPSA) is 92.9 Å². The van der Waals surface area contributed by atoms with E-state index >= 15 is 0 Å². The van der Waals surface area contributed by atoms with Crippen molar-refractivity contribution in [1.29, 1.82) is 0 Å². The zero-order valence-electron chi connectivity index (χ0n) is 14.4. The lowest BCUT2D eigenvalue weighted by Crippen LogP contribution is -2.23. The summed E-state index contributed by atoms with van der Waals surface area (Å²) in [5.41, 5.74) is 0.0604. The fraction of sp³-hybridized carbons (Fsp3) is 0.176. The molecule has 1 aromatic heterocycles. The Balaban J connectivity index is 1.67. The number of aromatic nitrogens is 4. The number of hydrogen-bond donors (Lipinski definition) is 2. The van der Waals surface area contributed by atoms with E-state index in [-0.39, 0.29) is 11.4 Å². The second-order valence-corrected chi connectivity index (χ2v) is 7.02. The van der Waals surface area contributed by atoms with Crippen LogP contribution in [0.4, 0.5) is 18.9 Å². The molecule has 0 saturated heterocycles. The van der Waals surface area contributed by atoms with E-state index in [9.17, 15) is 23.1 Å². The van der Waals surface area contributed by atoms with Crippen LogP contribution < -0.4 is 5.32 Å². The molecule has 0 fully saturated rings. The Kier molecular flexibility index (Phi) is 5.54. The normalized spacial score (nSPS) is 12.6. The molecule has 0 spiro atoms. The zero-order chi connectivity index (χ0) is 20.3. The van der Waals surface area contributed by atoms with Crippen LogP contribution in [0.1, 0.15) is 12.5 Å². The van der Waals surface area contributed by atoms with Crippen molar-refractivity contribution in [1.82, 2.24) is 20.2 Å². The minimum atomic E-state index is -4.43. The van der Waals surface area contributed by atoms with Gasteiger partial charge in [-0.15, -0.1) is 5.10 Å². The molecule has 1 atom stereocenters. The van der Waals surface area contributed by atoms with Crippen LogP contribution in [0, 0.1) is 0 Å². The lowest BCUT2D eigenvalue weighted by molar-refractivity contribution is -0.137. The molecular weight excluding hydrogens is 395 g/mol. The van der Waals surface area contributed by atoms with Crippen molar-refractivity contribution in [2.45, 2.75) is 23.5 Å². The molecule has 3 rings (SSSR count). The van der Waals surface area contributed by atoms with Crippen LogP contribution in [0.3, 0.4) is 0 Å². The number of phenolic OH excluding ortho intramolecular Hbond substituents is 1. The number of benzene rings is 2. The van der Waals surface area contributed by atoms with Gasteiger partial charge >= 0.3 is 6.18 Å². The van der Waals surface area contributed by atoms with E-state index in [1.807, 2.05) is 0 Å². The Morgan fingerprint density at radius 3 is 2.39 bits per heavy atom. The van der Waals surface area contributed by atoms with Crippen LogP contribution in [0.5, 0.6) is 5.75 Å². The highest BCUT2D eigenvalue weighted by molar-refractivity contribution is 8.00. The highest BCUT2D eigenvalue weighted by atomic mass is 32.2. The second-order valence-electron chi connectivity index (χ2n) is 5.71. The molecule has 1 heterocycles. The standard InChI is InChI=1S/C17H14F3N5O2S/c1-10(15(27)21-12-4-2-11(3-5-12)17(18,19)20)28-16-22-23-24-25(16)13-6-8-14(26)9-7-13/h2-10,26H,1H3,(H,21,27). The number of phenols is 1. The summed E-state index contributed by atoms with van der Waals surface area (Å²) in [5, 5.41) is 23.0. The third kappa shape index (κ3) is 4.60. The van der Waals surface area contributed by atoms with Gasteiger partial charge in [-0.05, 0) is 65.9 Å². The summed E-state index contributed by atoms with van der Waals surface area (Å²) in [6.45, 7) is 1.62. The Bertz CT molecular complexity index is 958. The summed E-state index contributed by atoms with van der Waals surface area (Å²) in [6, 6.07) is 10.4. The number of hydrogen-bond acceptors (Lipinski definition) is 6. The summed E-state index contributed by atoms with van der Waals surface area (Å²) in [4.78, 5) is 12.3. The molecule has 146 valence electrons. The third-order valence-electron chi connectivity index (χ3n) is 3.67. The molecule has 11 heteroatoms. The van der Waals surface area contributed by atoms with Gasteiger partial charge in [-0.1, -0.05) is 11.8 Å². The first kappa shape index (κ1) is 19.7. The van der Waals surface area contributed by atoms with E-state index in [1.54, 1.807) is 19.1 Å². The third-order valence-corrected chi connectivity index (χ3v) is 4.70. The van der Waals surface area contributed by atoms with E-state index in [1.165, 1.54) is 28.9 Å². The highest BCUT2D eigenvalue weighted by Gasteiger charge is 2.30. The molecule has 0 aliphatic heterocycles. The second kappa shape index (κ2) is 7.89. The predicted octanol–water partition coefficient (Wildman–Crippen LogP) is 3.51. The molecule has 28 heavy (non-hydrogen) atoms. The molecule has 0 aliphatic rings. The number of anilines is 1. The summed E-state index contributed by atoms with van der Waals surface area (Å²) >= 11 is 1.08. The Hall–Kier alpha value is -3.08. The number of carbonyl (C=O) groups excluding carboxylic acids is 1. The van der Waals surface area contributed by atoms with Gasteiger partial charge in [0.2, 0.25) is 11.1 Å². The minimum Gasteiger partial charge on any atom is -0.508 e. The van der Waals surface area contributed by atoms with Gasteiger partial charge in [0.05, 0.1) is 16.5 Å². The summed E-state index contributed by atoms with van der Waals surface area (Å²) < 4.78 is 39.2. The molecule has 1 unspecified atom stereocenters. The van der Waals surface area contributed by atoms with Crippen molar-refractivity contribution in [3.8, 4) is 11.4 Å². The van der Waals surface area contributed by atoms with E-state index in [2.05, 4.69) is 20.8 Å². The maximum absolute atomic E-state index is 12.6. The number of aromatic hydroxyl groups is 1. The van der Waals surface area contributed by atoms with Gasteiger partial charge < -0.3 is 10.4 Å². The molecule has 0 bridgehead atoms. The lowest BCUT2D eigenvalue weighted by Gasteiger charge is -2.12. The molecular formula is C17H14F3N5O2S. The number of carbonyl (C=O) groups is 1. The average molecular weight is 409 g/mol. The van der Waals surface area contributed by atoms with Crippen molar-refractivity contribution >= 4 is 23.4 Å². The van der Waals surface area contributed by atoms with Crippen molar-refractivity contribution in [3.05, 3.63) is 54.1 Å². The lowest BCUT2D eigenvalue weighted by atomic mass is 10.2. The van der Waals surface area contributed by atoms with Crippen LogP contribution in [0.25, 0.3) is 5.69 Å². The number of amides is 1. The zero-order valence-corrected chi connectivity index (χ0v) is 15.2. The van der Waals surface area contributed by atoms with Gasteiger partial charge in [0.15, 0.2) is 0 Å². The van der Waals surface area contributed by atoms with Gasteiger partial charge in [0.1, 0.15) is 5.75 Å². The van der Waals surface area contributed by atoms with Crippen molar-refractivity contribution in [2.24, 2.45) is 0 Å².